The molecule has 0 aliphatic carbocycles. The lowest BCUT2D eigenvalue weighted by Gasteiger charge is -2.14. The second-order valence-corrected chi connectivity index (χ2v) is 34.9. The summed E-state index contributed by atoms with van der Waals surface area (Å²) >= 11 is 0. The molecule has 23 heteroatoms. The van der Waals surface area contributed by atoms with Crippen LogP contribution in [0.3, 0.4) is 0 Å². The van der Waals surface area contributed by atoms with Crippen molar-refractivity contribution in [2.75, 3.05) is 6.61 Å². The van der Waals surface area contributed by atoms with Gasteiger partial charge in [0.05, 0.1) is 64.4 Å². The maximum absolute atomic E-state index is 5.94. The van der Waals surface area contributed by atoms with Crippen molar-refractivity contribution in [2.45, 2.75) is 187 Å². The molecule has 20 atom stereocenters. The zero-order valence-electron chi connectivity index (χ0n) is 54.0. The predicted molar refractivity (Wildman–Crippen MR) is 447 cm³/mol. The van der Waals surface area contributed by atoms with Crippen molar-refractivity contribution in [1.29, 1.82) is 0 Å². The zero-order valence-corrected chi connectivity index (χ0v) is 70.3. The van der Waals surface area contributed by atoms with E-state index in [0.717, 1.165) is 116 Å². The van der Waals surface area contributed by atoms with Crippen LogP contribution >= 0.6 is 131 Å². The van der Waals surface area contributed by atoms with Gasteiger partial charge in [-0.3, -0.25) is 0 Å². The highest BCUT2D eigenvalue weighted by atomic mass is 32.4. The van der Waals surface area contributed by atoms with Gasteiger partial charge in [0.25, 0.3) is 0 Å². The fourth-order valence-electron chi connectivity index (χ4n) is 6.99. The van der Waals surface area contributed by atoms with Crippen LogP contribution in [0.4, 0.5) is 0 Å². The molecule has 0 saturated carbocycles. The van der Waals surface area contributed by atoms with Crippen molar-refractivity contribution < 1.29 is 36.2 Å². The number of hydrogen-bond donors (Lipinski definition) is 0. The van der Waals surface area contributed by atoms with Crippen LogP contribution < -0.4 is 0 Å². The highest BCUT2D eigenvalue weighted by Gasteiger charge is 2.07. The largest absolute Gasteiger partial charge is 0.358 e. The first-order chi connectivity index (χ1) is 43.5. The van der Waals surface area contributed by atoms with Crippen molar-refractivity contribution in [3.05, 3.63) is 219 Å². The van der Waals surface area contributed by atoms with Crippen LogP contribution in [0.1, 0.15) is 144 Å². The summed E-state index contributed by atoms with van der Waals surface area (Å²) in [7, 11) is 26.0. The van der Waals surface area contributed by atoms with E-state index in [1.54, 1.807) is 0 Å². The highest BCUT2D eigenvalue weighted by molar-refractivity contribution is 8.41. The Balaban J connectivity index is -0.00000125. The van der Waals surface area contributed by atoms with Gasteiger partial charge in [-0.2, -0.15) is 0 Å². The standard InChI is InChI=1S/2C22H40O3P6.C22H37O2P3/c1-3-5-9-18-22(25-31(28)29)19-13-8-12-17-21(24-30-27)16-11-7-6-10-15-20(23-26)14-4-2;1-2-16-21(24-26)17-12-9-7-5-3-4-6-8-10-13-18-22(25-30-27)19-14-11-15-20-23-31(28)29;1-3-5-14-19-22(24-27-26)20-16-13-11-9-7-6-8-10-12-15-18-21(23-25)17-4-2/h5-13,15-16,19-22,30H,3-4,14,17-18,26-29H2,1-2H3;3-4,7-14,17-18,21-22,30H,2,5-6,15-16,19-20,26-29H2,1H3;5-7,10-16,18,20-22,27H,3-4,8-9,17,19,25-26H2,1-2H3/b7-6+,9-5-,12-8-,15-10+,16-11+,19-13+;4-3-,9-7-,10-8-,14-11-,17-12+,18-13+;7-6-,12-10-,13-11-,14-5-,18-15+,20-16+. The maximum Gasteiger partial charge on any atom is 0.0844 e. The van der Waals surface area contributed by atoms with Crippen molar-refractivity contribution in [3.8, 4) is 0 Å². The van der Waals surface area contributed by atoms with E-state index >= 15 is 0 Å². The SMILES string of the molecule is CC/C=C\CC(/C=C/C=C\C/C=C\C/C=C\C=C\C(CCC)OP)OPP.CC/C=C\CC(/C=C/C=C\CC(/C=C/C=C/C=C/C(CCC)OP)OPP)OP(P)P.CCCC(/C=C/C=C\C/C=C\C/C=C\C=C\C(C/C=C\CCOP(P)P)OPP)OP. The molecule has 0 saturated heterocycles. The second kappa shape index (κ2) is 80.1. The Morgan fingerprint density at radius 2 is 0.629 bits per heavy atom. The Hall–Kier alpha value is 1.45. The van der Waals surface area contributed by atoms with E-state index in [-0.39, 0.29) is 42.7 Å². The first-order valence-electron chi connectivity index (χ1n) is 30.7. The lowest BCUT2D eigenvalue weighted by Crippen LogP contribution is -2.03. The van der Waals surface area contributed by atoms with E-state index < -0.39 is 15.1 Å². The Kier molecular flexibility index (Phi) is 85.2. The van der Waals surface area contributed by atoms with Crippen molar-refractivity contribution in [3.63, 3.8) is 0 Å². The second-order valence-electron chi connectivity index (χ2n) is 19.0. The molecule has 0 bridgehead atoms. The molecule has 0 aromatic heterocycles. The average molecular weight is 1500 g/mol. The van der Waals surface area contributed by atoms with Crippen LogP contribution in [0, 0.1) is 0 Å². The Labute approximate surface area is 575 Å². The summed E-state index contributed by atoms with van der Waals surface area (Å²) in [5.41, 5.74) is 0. The molecule has 504 valence electrons. The van der Waals surface area contributed by atoms with Crippen LogP contribution in [0.25, 0.3) is 0 Å². The number of allylic oxidation sites excluding steroid dienone is 24. The van der Waals surface area contributed by atoms with E-state index in [1.807, 2.05) is 24.3 Å². The van der Waals surface area contributed by atoms with Gasteiger partial charge in [0, 0.05) is 53.9 Å². The molecule has 0 spiro atoms. The molecule has 0 aliphatic rings. The smallest absolute Gasteiger partial charge is 0.0844 e. The average Bonchev–Trinajstić information content (AvgIpc) is 3.53. The molecule has 89 heavy (non-hydrogen) atoms. The van der Waals surface area contributed by atoms with Gasteiger partial charge >= 0.3 is 0 Å². The molecule has 20 unspecified atom stereocenters. The minimum absolute atomic E-state index is 0.0591. The Morgan fingerprint density at radius 1 is 0.326 bits per heavy atom. The van der Waals surface area contributed by atoms with Crippen molar-refractivity contribution >= 4 is 131 Å². The van der Waals surface area contributed by atoms with Crippen LogP contribution in [0.15, 0.2) is 219 Å². The van der Waals surface area contributed by atoms with Crippen molar-refractivity contribution in [1.82, 2.24) is 0 Å². The Bertz CT molecular complexity index is 2120. The maximum atomic E-state index is 5.94. The predicted octanol–water partition coefficient (Wildman–Crippen LogP) is 24.9. The number of rotatable bonds is 53. The quantitative estimate of drug-likeness (QED) is 0.0258. The normalized spacial score (nSPS) is 16.1. The van der Waals surface area contributed by atoms with Gasteiger partial charge in [0.2, 0.25) is 0 Å². The summed E-state index contributed by atoms with van der Waals surface area (Å²) in [6.07, 6.45) is 93.8. The van der Waals surface area contributed by atoms with Gasteiger partial charge in [-0.1, -0.05) is 335 Å². The Morgan fingerprint density at radius 3 is 0.944 bits per heavy atom. The summed E-state index contributed by atoms with van der Waals surface area (Å²) < 4.78 is 44.6. The number of hydrogen-bond acceptors (Lipinski definition) is 8. The molecule has 0 heterocycles. The first-order valence-corrected chi connectivity index (χ1v) is 49.3. The minimum Gasteiger partial charge on any atom is -0.358 e. The van der Waals surface area contributed by atoms with Crippen LogP contribution in [-0.4, -0.2) is 49.3 Å². The molecule has 0 fully saturated rings. The van der Waals surface area contributed by atoms with E-state index in [2.05, 4.69) is 320 Å². The summed E-state index contributed by atoms with van der Waals surface area (Å²) in [5, 5.41) is 0. The van der Waals surface area contributed by atoms with Gasteiger partial charge < -0.3 is 36.2 Å². The monoisotopic (exact) mass is 1500 g/mol. The first kappa shape index (κ1) is 94.6. The van der Waals surface area contributed by atoms with Gasteiger partial charge in [0.1, 0.15) is 0 Å². The molecule has 0 amide bonds. The molecule has 0 aromatic rings. The third-order valence-electron chi connectivity index (χ3n) is 11.4. The molecule has 0 radical (unpaired) electrons. The fraction of sp³-hybridized carbons (Fsp3) is 0.455. The topological polar surface area (TPSA) is 73.8 Å². The van der Waals surface area contributed by atoms with E-state index in [4.69, 9.17) is 36.2 Å². The molecule has 0 N–H and O–H groups in total. The summed E-state index contributed by atoms with van der Waals surface area (Å²) in [6, 6.07) is 0. The third-order valence-corrected chi connectivity index (χ3v) is 17.6. The van der Waals surface area contributed by atoms with E-state index in [9.17, 15) is 0 Å². The van der Waals surface area contributed by atoms with Gasteiger partial charge in [-0.25, -0.2) is 0 Å². The molecule has 0 aromatic carbocycles. The summed E-state index contributed by atoms with van der Waals surface area (Å²) in [5.74, 6) is 0. The zero-order chi connectivity index (χ0) is 66.2. The summed E-state index contributed by atoms with van der Waals surface area (Å²) in [6.45, 7) is 11.5. The third kappa shape index (κ3) is 75.1. The van der Waals surface area contributed by atoms with Crippen molar-refractivity contribution in [2.24, 2.45) is 0 Å². The minimum atomic E-state index is -0.545. The molecule has 0 rings (SSSR count). The van der Waals surface area contributed by atoms with Gasteiger partial charge in [-0.15, -0.1) is 0 Å². The molecule has 0 aliphatic heterocycles. The van der Waals surface area contributed by atoms with Crippen LogP contribution in [0.5, 0.6) is 0 Å². The molecule has 8 nitrogen and oxygen atoms in total. The van der Waals surface area contributed by atoms with Gasteiger partial charge in [-0.05, 0) is 89.9 Å². The molecular formula is C66H117O8P15. The molecular weight excluding hydrogens is 1390 g/mol. The fourth-order valence-corrected chi connectivity index (χ4v) is 12.6. The lowest BCUT2D eigenvalue weighted by atomic mass is 10.2. The lowest BCUT2D eigenvalue weighted by molar-refractivity contribution is 0.279. The van der Waals surface area contributed by atoms with Crippen LogP contribution in [-0.2, 0) is 36.2 Å². The van der Waals surface area contributed by atoms with E-state index in [1.165, 1.54) is 0 Å². The van der Waals surface area contributed by atoms with Gasteiger partial charge in [0.15, 0.2) is 0 Å². The van der Waals surface area contributed by atoms with E-state index in [0.29, 0.717) is 25.5 Å². The van der Waals surface area contributed by atoms with Crippen LogP contribution in [0.2, 0.25) is 0 Å². The summed E-state index contributed by atoms with van der Waals surface area (Å²) in [4.78, 5) is 0. The highest BCUT2D eigenvalue weighted by Crippen LogP contribution is 2.55.